The summed E-state index contributed by atoms with van der Waals surface area (Å²) >= 11 is 0. The Morgan fingerprint density at radius 1 is 0.328 bits per heavy atom. The molecular formula is C56H41N6Si2-. The van der Waals surface area contributed by atoms with Crippen molar-refractivity contribution in [1.29, 1.82) is 0 Å². The summed E-state index contributed by atoms with van der Waals surface area (Å²) in [6, 6.07) is 83.8. The maximum atomic E-state index is 5.33. The second-order valence-electron chi connectivity index (χ2n) is 16.5. The zero-order valence-electron chi connectivity index (χ0n) is 34.9. The Balaban J connectivity index is 1.01. The van der Waals surface area contributed by atoms with Gasteiger partial charge in [0.05, 0.1) is 0 Å². The first-order valence-corrected chi connectivity index (χ1v) is 26.1. The van der Waals surface area contributed by atoms with Crippen molar-refractivity contribution in [2.45, 2.75) is 0 Å². The van der Waals surface area contributed by atoms with Crippen molar-refractivity contribution < 1.29 is 0 Å². The molecule has 2 aliphatic rings. The van der Waals surface area contributed by atoms with E-state index in [0.717, 1.165) is 34.4 Å². The second kappa shape index (κ2) is 15.4. The van der Waals surface area contributed by atoms with Crippen LogP contribution in [0.1, 0.15) is 0 Å². The third kappa shape index (κ3) is 5.63. The molecule has 0 amide bonds. The van der Waals surface area contributed by atoms with Gasteiger partial charge in [-0.1, -0.05) is 97.1 Å². The molecule has 64 heavy (non-hydrogen) atoms. The van der Waals surface area contributed by atoms with Gasteiger partial charge >= 0.3 is 261 Å². The predicted molar refractivity (Wildman–Crippen MR) is 268 cm³/mol. The molecule has 0 spiro atoms. The quantitative estimate of drug-likeness (QED) is 0.161. The van der Waals surface area contributed by atoms with Crippen molar-refractivity contribution in [3.63, 3.8) is 0 Å². The number of hydrogen-bond acceptors (Lipinski definition) is 6. The summed E-state index contributed by atoms with van der Waals surface area (Å²) in [4.78, 5) is 25.0. The Bertz CT molecular complexity index is 2910. The number of fused-ring (bicyclic) bond motifs is 4. The normalized spacial score (nSPS) is 14.6. The van der Waals surface area contributed by atoms with E-state index < -0.39 is 16.1 Å². The van der Waals surface area contributed by atoms with Crippen LogP contribution in [0.15, 0.2) is 243 Å². The SMILES string of the molecule is c1ccc([Si]2(c3ccccc3)c3ccccc3N(c3ccnc(-c4nccc(N5c6ccccc6[SiH-](c6ccccc6)(c6ccccc6)c6ccccc65)n4)n3)c3ccccc32)cc1. The first kappa shape index (κ1) is 37.7. The smallest absolute Gasteiger partial charge is 0.0623 e. The first-order chi connectivity index (χ1) is 31.8. The molecule has 0 unspecified atom stereocenters. The topological polar surface area (TPSA) is 58.0 Å². The molecule has 0 fully saturated rings. The van der Waals surface area contributed by atoms with Crippen LogP contribution in [0.5, 0.6) is 0 Å². The summed E-state index contributed by atoms with van der Waals surface area (Å²) in [5, 5.41) is 10.7. The molecule has 8 aromatic carbocycles. The third-order valence-electron chi connectivity index (χ3n) is 13.3. The molecule has 8 heteroatoms. The fourth-order valence-electron chi connectivity index (χ4n) is 10.9. The van der Waals surface area contributed by atoms with Crippen LogP contribution in [0, 0.1) is 0 Å². The number of nitrogens with zero attached hydrogens (tertiary/aromatic N) is 6. The van der Waals surface area contributed by atoms with E-state index in [-0.39, 0.29) is 0 Å². The Morgan fingerprint density at radius 2 is 0.672 bits per heavy atom. The Hall–Kier alpha value is -8.05. The molecule has 0 N–H and O–H groups in total. The molecule has 0 saturated heterocycles. The predicted octanol–water partition coefficient (Wildman–Crippen LogP) is 6.99. The van der Waals surface area contributed by atoms with E-state index >= 15 is 0 Å². The molecule has 0 bridgehead atoms. The Kier molecular flexibility index (Phi) is 9.06. The van der Waals surface area contributed by atoms with Crippen molar-refractivity contribution in [1.82, 2.24) is 19.9 Å². The van der Waals surface area contributed by atoms with Gasteiger partial charge in [0.25, 0.3) is 0 Å². The van der Waals surface area contributed by atoms with Crippen molar-refractivity contribution in [3.8, 4) is 11.6 Å². The fourth-order valence-corrected chi connectivity index (χ4v) is 21.9. The summed E-state index contributed by atoms with van der Waals surface area (Å²) < 4.78 is 0. The summed E-state index contributed by atoms with van der Waals surface area (Å²) in [7, 11) is -6.00. The Morgan fingerprint density at radius 3 is 1.11 bits per heavy atom. The van der Waals surface area contributed by atoms with Crippen LogP contribution >= 0.6 is 0 Å². The second-order valence-corrected chi connectivity index (χ2v) is 24.5. The van der Waals surface area contributed by atoms with Gasteiger partial charge in [-0.15, -0.1) is 0 Å². The van der Waals surface area contributed by atoms with Gasteiger partial charge in [-0.3, -0.25) is 0 Å². The Labute approximate surface area is 374 Å². The van der Waals surface area contributed by atoms with E-state index in [1.807, 2.05) is 24.5 Å². The third-order valence-corrected chi connectivity index (χ3v) is 23.8. The summed E-state index contributed by atoms with van der Waals surface area (Å²) in [6.07, 6.45) is 3.67. The van der Waals surface area contributed by atoms with Crippen LogP contribution in [0.3, 0.4) is 0 Å². The van der Waals surface area contributed by atoms with Gasteiger partial charge in [-0.05, 0) is 10.4 Å². The van der Waals surface area contributed by atoms with Crippen molar-refractivity contribution in [3.05, 3.63) is 243 Å². The zero-order chi connectivity index (χ0) is 42.5. The van der Waals surface area contributed by atoms with E-state index in [9.17, 15) is 0 Å². The molecule has 2 aromatic heterocycles. The van der Waals surface area contributed by atoms with Gasteiger partial charge < -0.3 is 0 Å². The average Bonchev–Trinajstić information content (AvgIpc) is 3.38. The molecule has 0 radical (unpaired) electrons. The minimum Gasteiger partial charge on any atom is -0.0623 e. The van der Waals surface area contributed by atoms with Gasteiger partial charge in [-0.25, -0.2) is 0 Å². The van der Waals surface area contributed by atoms with E-state index in [1.165, 1.54) is 41.5 Å². The molecular weight excluding hydrogens is 813 g/mol. The van der Waals surface area contributed by atoms with Gasteiger partial charge in [0.2, 0.25) is 0 Å². The van der Waals surface area contributed by atoms with E-state index in [0.29, 0.717) is 11.6 Å². The minimum absolute atomic E-state index is 0.451. The van der Waals surface area contributed by atoms with E-state index in [1.54, 1.807) is 0 Å². The number of hydrogen-bond donors (Lipinski definition) is 0. The molecule has 2 aliphatic heterocycles. The summed E-state index contributed by atoms with van der Waals surface area (Å²) in [5.41, 5.74) is 4.44. The number of benzene rings is 8. The van der Waals surface area contributed by atoms with Gasteiger partial charge in [0, 0.05) is 0 Å². The standard InChI is InChI=1S/C56H41N6Si2/c1-5-21-41(22-6-1)63(42-23-7-2-8-24-42)49-33-17-13-29-45(49)61(46-30-14-18-34-50(46)63)53-37-39-57-55(59-53)56-58-40-38-54(60-56)62-47-31-15-19-35-51(47)64(43-25-9-3-10-26-43,44-27-11-4-12-28-44)52-36-20-16-32-48(52)62/h1-40,63H/q-1. The van der Waals surface area contributed by atoms with E-state index in [4.69, 9.17) is 19.9 Å². The van der Waals surface area contributed by atoms with Crippen LogP contribution in [-0.4, -0.2) is 36.1 Å². The molecule has 10 aromatic rings. The number of aromatic nitrogens is 4. The number of anilines is 6. The van der Waals surface area contributed by atoms with Crippen LogP contribution in [0.4, 0.5) is 34.4 Å². The van der Waals surface area contributed by atoms with Gasteiger partial charge in [0.1, 0.15) is 0 Å². The van der Waals surface area contributed by atoms with Crippen molar-refractivity contribution in [2.24, 2.45) is 0 Å². The zero-order valence-corrected chi connectivity index (χ0v) is 37.0. The monoisotopic (exact) mass is 853 g/mol. The molecule has 304 valence electrons. The van der Waals surface area contributed by atoms with Gasteiger partial charge in [0.15, 0.2) is 8.07 Å². The maximum absolute atomic E-state index is 5.33. The molecule has 6 nitrogen and oxygen atoms in total. The molecule has 0 saturated carbocycles. The minimum atomic E-state index is -3.22. The fraction of sp³-hybridized carbons (Fsp3) is 0. The van der Waals surface area contributed by atoms with Crippen LogP contribution < -0.4 is 51.3 Å². The van der Waals surface area contributed by atoms with Crippen LogP contribution in [0.25, 0.3) is 11.6 Å². The molecule has 0 atom stereocenters. The number of rotatable bonds is 7. The average molecular weight is 854 g/mol. The van der Waals surface area contributed by atoms with Crippen LogP contribution in [-0.2, 0) is 0 Å². The molecule has 4 heterocycles. The first-order valence-electron chi connectivity index (χ1n) is 21.8. The number of para-hydroxylation sites is 4. The van der Waals surface area contributed by atoms with E-state index in [2.05, 4.69) is 228 Å². The summed E-state index contributed by atoms with van der Waals surface area (Å²) in [6.45, 7) is 0. The van der Waals surface area contributed by atoms with Crippen LogP contribution in [0.2, 0.25) is 0 Å². The molecule has 12 rings (SSSR count). The van der Waals surface area contributed by atoms with Crippen molar-refractivity contribution >= 4 is 92.0 Å². The van der Waals surface area contributed by atoms with Crippen molar-refractivity contribution in [2.75, 3.05) is 9.80 Å². The summed E-state index contributed by atoms with van der Waals surface area (Å²) in [5.74, 6) is 2.40. The molecule has 0 aliphatic carbocycles. The van der Waals surface area contributed by atoms with Gasteiger partial charge in [-0.2, -0.15) is 0 Å².